The van der Waals surface area contributed by atoms with Crippen molar-refractivity contribution >= 4 is 51.3 Å². The molecule has 1 aliphatic rings. The van der Waals surface area contributed by atoms with Crippen molar-refractivity contribution in [1.29, 1.82) is 0 Å². The summed E-state index contributed by atoms with van der Waals surface area (Å²) in [7, 11) is 0. The maximum Gasteiger partial charge on any atom is 0.191 e. The Labute approximate surface area is 176 Å². The highest BCUT2D eigenvalue weighted by Gasteiger charge is 2.07. The Balaban J connectivity index is 1.57. The number of hydrogen-bond acceptors (Lipinski definition) is 5. The molecule has 0 amide bonds. The van der Waals surface area contributed by atoms with Crippen LogP contribution in [0, 0.1) is 13.8 Å². The topological polar surface area (TPSA) is 60.8 Å². The van der Waals surface area contributed by atoms with Gasteiger partial charge in [0.2, 0.25) is 0 Å². The quantitative estimate of drug-likeness (QED) is 0.379. The molecule has 0 fully saturated rings. The lowest BCUT2D eigenvalue weighted by atomic mass is 10.1. The fourth-order valence-corrected chi connectivity index (χ4v) is 3.68. The first-order valence-electron chi connectivity index (χ1n) is 9.25. The Bertz CT molecular complexity index is 904. The van der Waals surface area contributed by atoms with Gasteiger partial charge in [0.25, 0.3) is 0 Å². The lowest BCUT2D eigenvalue weighted by Crippen LogP contribution is -2.25. The van der Waals surface area contributed by atoms with Crippen LogP contribution in [0.2, 0.25) is 0 Å². The van der Waals surface area contributed by atoms with Gasteiger partial charge in [-0.1, -0.05) is 36.0 Å². The number of hydrogen-bond donors (Lipinski definition) is 3. The number of thioether (sulfide) groups is 1. The van der Waals surface area contributed by atoms with Crippen molar-refractivity contribution in [2.45, 2.75) is 27.2 Å². The van der Waals surface area contributed by atoms with Crippen LogP contribution in [-0.4, -0.2) is 28.3 Å². The summed E-state index contributed by atoms with van der Waals surface area (Å²) in [4.78, 5) is 4.49. The van der Waals surface area contributed by atoms with Gasteiger partial charge in [-0.3, -0.25) is 10.4 Å². The number of aryl methyl sites for hydroxylation is 1. The fraction of sp³-hybridized carbons (Fsp3) is 0.286. The molecule has 7 heteroatoms. The molecule has 5 nitrogen and oxygen atoms in total. The number of aliphatic imine (C=N–C) groups is 1. The van der Waals surface area contributed by atoms with E-state index in [9.17, 15) is 0 Å². The van der Waals surface area contributed by atoms with Gasteiger partial charge in [0.15, 0.2) is 10.3 Å². The molecule has 2 aromatic rings. The minimum absolute atomic E-state index is 0.471. The third-order valence-corrected chi connectivity index (χ3v) is 5.72. The van der Waals surface area contributed by atoms with E-state index in [-0.39, 0.29) is 0 Å². The van der Waals surface area contributed by atoms with Crippen molar-refractivity contribution in [3.8, 4) is 0 Å². The molecule has 2 aromatic carbocycles. The van der Waals surface area contributed by atoms with Crippen LogP contribution in [0.4, 0.5) is 11.4 Å². The predicted octanol–water partition coefficient (Wildman–Crippen LogP) is 4.92. The van der Waals surface area contributed by atoms with Crippen molar-refractivity contribution in [1.82, 2.24) is 5.43 Å². The average Bonchev–Trinajstić information content (AvgIpc) is 2.71. The van der Waals surface area contributed by atoms with Gasteiger partial charge in [-0.2, -0.15) is 5.10 Å². The summed E-state index contributed by atoms with van der Waals surface area (Å²) in [5, 5.41) is 12.4. The van der Waals surface area contributed by atoms with Crippen LogP contribution in [0.25, 0.3) is 0 Å². The summed E-state index contributed by atoms with van der Waals surface area (Å²) in [5.74, 6) is 1.12. The SMILES string of the molecule is C/C(=N/NC(=S)Nc1cccc(C)c1C)c1ccc(NC2=NCCCS2)cc1. The van der Waals surface area contributed by atoms with Crippen LogP contribution in [0.3, 0.4) is 0 Å². The highest BCUT2D eigenvalue weighted by Crippen LogP contribution is 2.18. The van der Waals surface area contributed by atoms with Crippen molar-refractivity contribution in [3.63, 3.8) is 0 Å². The Morgan fingerprint density at radius 2 is 1.93 bits per heavy atom. The van der Waals surface area contributed by atoms with Crippen molar-refractivity contribution in [2.75, 3.05) is 22.9 Å². The van der Waals surface area contributed by atoms with Gasteiger partial charge in [0, 0.05) is 23.7 Å². The van der Waals surface area contributed by atoms with Gasteiger partial charge in [-0.25, -0.2) is 0 Å². The predicted molar refractivity (Wildman–Crippen MR) is 127 cm³/mol. The molecule has 1 aliphatic heterocycles. The lowest BCUT2D eigenvalue weighted by molar-refractivity contribution is 0.938. The molecule has 0 saturated heterocycles. The second-order valence-electron chi connectivity index (χ2n) is 6.60. The molecular weight excluding hydrogens is 386 g/mol. The van der Waals surface area contributed by atoms with Gasteiger partial charge in [-0.05, 0) is 74.3 Å². The largest absolute Gasteiger partial charge is 0.335 e. The van der Waals surface area contributed by atoms with E-state index in [1.165, 1.54) is 11.1 Å². The molecule has 0 aliphatic carbocycles. The lowest BCUT2D eigenvalue weighted by Gasteiger charge is -2.13. The third-order valence-electron chi connectivity index (χ3n) is 4.53. The van der Waals surface area contributed by atoms with Crippen molar-refractivity contribution < 1.29 is 0 Å². The molecule has 0 spiro atoms. The van der Waals surface area contributed by atoms with E-state index < -0.39 is 0 Å². The van der Waals surface area contributed by atoms with E-state index in [2.05, 4.69) is 46.1 Å². The zero-order valence-corrected chi connectivity index (χ0v) is 18.0. The molecule has 0 bridgehead atoms. The van der Waals surface area contributed by atoms with Gasteiger partial charge in [0.1, 0.15) is 0 Å². The summed E-state index contributed by atoms with van der Waals surface area (Å²) in [6, 6.07) is 14.3. The maximum absolute atomic E-state index is 5.36. The van der Waals surface area contributed by atoms with E-state index in [4.69, 9.17) is 12.2 Å². The molecule has 0 atom stereocenters. The molecule has 28 heavy (non-hydrogen) atoms. The Morgan fingerprint density at radius 1 is 1.14 bits per heavy atom. The molecule has 3 rings (SSSR count). The molecule has 146 valence electrons. The van der Waals surface area contributed by atoms with E-state index in [0.29, 0.717) is 5.11 Å². The van der Waals surface area contributed by atoms with Crippen LogP contribution in [0.1, 0.15) is 30.0 Å². The van der Waals surface area contributed by atoms with Crippen LogP contribution in [-0.2, 0) is 0 Å². The molecule has 0 saturated carbocycles. The van der Waals surface area contributed by atoms with Gasteiger partial charge < -0.3 is 10.6 Å². The summed E-state index contributed by atoms with van der Waals surface area (Å²) >= 11 is 7.13. The second-order valence-corrected chi connectivity index (χ2v) is 8.09. The first-order valence-corrected chi connectivity index (χ1v) is 10.6. The second kappa shape index (κ2) is 9.71. The zero-order valence-electron chi connectivity index (χ0n) is 16.4. The van der Waals surface area contributed by atoms with Crippen LogP contribution in [0.15, 0.2) is 52.6 Å². The van der Waals surface area contributed by atoms with Crippen molar-refractivity contribution in [2.24, 2.45) is 10.1 Å². The fourth-order valence-electron chi connectivity index (χ4n) is 2.69. The number of anilines is 2. The van der Waals surface area contributed by atoms with Gasteiger partial charge in [-0.15, -0.1) is 0 Å². The Kier molecular flexibility index (Phi) is 7.06. The first-order chi connectivity index (χ1) is 13.5. The smallest absolute Gasteiger partial charge is 0.191 e. The Hall–Kier alpha value is -2.38. The van der Waals surface area contributed by atoms with Gasteiger partial charge >= 0.3 is 0 Å². The standard InChI is InChI=1S/C21H25N5S2/c1-14-6-4-7-19(15(14)2)24-20(27)26-25-16(3)17-8-10-18(11-9-17)23-21-22-12-5-13-28-21/h4,6-11H,5,12-13H2,1-3H3,(H,22,23)(H2,24,26,27)/b25-16-. The Morgan fingerprint density at radius 3 is 2.64 bits per heavy atom. The molecule has 0 unspecified atom stereocenters. The normalized spacial score (nSPS) is 14.2. The summed E-state index contributed by atoms with van der Waals surface area (Å²) in [6.07, 6.45) is 1.15. The van der Waals surface area contributed by atoms with E-state index in [1.54, 1.807) is 11.8 Å². The first kappa shape index (κ1) is 20.4. The summed E-state index contributed by atoms with van der Waals surface area (Å²) in [6.45, 7) is 7.01. The minimum atomic E-state index is 0.471. The number of nitrogens with zero attached hydrogens (tertiary/aromatic N) is 2. The number of thiocarbonyl (C=S) groups is 1. The summed E-state index contributed by atoms with van der Waals surface area (Å²) in [5.41, 5.74) is 9.24. The highest BCUT2D eigenvalue weighted by atomic mass is 32.2. The van der Waals surface area contributed by atoms with Crippen molar-refractivity contribution in [3.05, 3.63) is 59.2 Å². The monoisotopic (exact) mass is 411 g/mol. The highest BCUT2D eigenvalue weighted by molar-refractivity contribution is 8.14. The van der Waals surface area contributed by atoms with Crippen LogP contribution >= 0.6 is 24.0 Å². The zero-order chi connectivity index (χ0) is 19.9. The van der Waals surface area contributed by atoms with E-state index >= 15 is 0 Å². The third kappa shape index (κ3) is 5.56. The van der Waals surface area contributed by atoms with E-state index in [1.807, 2.05) is 43.3 Å². The molecule has 3 N–H and O–H groups in total. The number of rotatable bonds is 4. The van der Waals surface area contributed by atoms with Gasteiger partial charge in [0.05, 0.1) is 5.71 Å². The summed E-state index contributed by atoms with van der Waals surface area (Å²) < 4.78 is 0. The van der Waals surface area contributed by atoms with E-state index in [0.717, 1.165) is 46.5 Å². The molecule has 0 radical (unpaired) electrons. The average molecular weight is 412 g/mol. The minimum Gasteiger partial charge on any atom is -0.335 e. The molecule has 0 aromatic heterocycles. The molecule has 1 heterocycles. The van der Waals surface area contributed by atoms with Crippen LogP contribution < -0.4 is 16.1 Å². The molecular formula is C21H25N5S2. The number of amidine groups is 1. The van der Waals surface area contributed by atoms with Crippen LogP contribution in [0.5, 0.6) is 0 Å². The number of benzene rings is 2. The number of hydrazone groups is 1. The number of nitrogens with one attached hydrogen (secondary N) is 3. The maximum atomic E-state index is 5.36.